The Hall–Kier alpha value is -1.90. The second-order valence-electron chi connectivity index (χ2n) is 7.29. The van der Waals surface area contributed by atoms with Gasteiger partial charge in [-0.1, -0.05) is 18.2 Å². The maximum Gasteiger partial charge on any atom is 0.260 e. The van der Waals surface area contributed by atoms with E-state index in [2.05, 4.69) is 15.9 Å². The zero-order chi connectivity index (χ0) is 20.4. The highest BCUT2D eigenvalue weighted by molar-refractivity contribution is 9.10. The van der Waals surface area contributed by atoms with Gasteiger partial charge in [0.1, 0.15) is 5.75 Å². The van der Waals surface area contributed by atoms with Gasteiger partial charge < -0.3 is 9.64 Å². The van der Waals surface area contributed by atoms with E-state index in [0.29, 0.717) is 36.8 Å². The van der Waals surface area contributed by atoms with E-state index in [4.69, 9.17) is 4.74 Å². The number of fused-ring (bicyclic) bond motifs is 1. The van der Waals surface area contributed by atoms with Crippen LogP contribution < -0.4 is 4.74 Å². The van der Waals surface area contributed by atoms with Crippen LogP contribution in [-0.2, 0) is 27.7 Å². The van der Waals surface area contributed by atoms with Crippen LogP contribution in [0.4, 0.5) is 0 Å². The molecule has 1 amide bonds. The molecule has 4 rings (SSSR count). The summed E-state index contributed by atoms with van der Waals surface area (Å²) >= 11 is 3.39. The molecule has 1 fully saturated rings. The van der Waals surface area contributed by atoms with Crippen LogP contribution in [-0.4, -0.2) is 56.3 Å². The molecule has 0 saturated carbocycles. The van der Waals surface area contributed by atoms with E-state index in [1.54, 1.807) is 17.0 Å². The molecule has 6 nitrogen and oxygen atoms in total. The van der Waals surface area contributed by atoms with Crippen molar-refractivity contribution in [1.82, 2.24) is 9.21 Å². The van der Waals surface area contributed by atoms with Gasteiger partial charge in [0.15, 0.2) is 6.61 Å². The number of ether oxygens (including phenoxy) is 1. The van der Waals surface area contributed by atoms with Crippen molar-refractivity contribution in [3.63, 3.8) is 0 Å². The van der Waals surface area contributed by atoms with Crippen molar-refractivity contribution in [1.29, 1.82) is 0 Å². The van der Waals surface area contributed by atoms with E-state index in [-0.39, 0.29) is 12.5 Å². The van der Waals surface area contributed by atoms with Gasteiger partial charge in [-0.3, -0.25) is 4.79 Å². The van der Waals surface area contributed by atoms with Crippen LogP contribution >= 0.6 is 15.9 Å². The molecule has 2 aromatic rings. The second kappa shape index (κ2) is 8.45. The van der Waals surface area contributed by atoms with Gasteiger partial charge in [0.2, 0.25) is 10.0 Å². The normalized spacial score (nSPS) is 17.2. The number of nitrogens with zero attached hydrogens (tertiary/aromatic N) is 2. The number of piperazine rings is 1. The highest BCUT2D eigenvalue weighted by Crippen LogP contribution is 2.27. The molecule has 29 heavy (non-hydrogen) atoms. The summed E-state index contributed by atoms with van der Waals surface area (Å²) in [4.78, 5) is 14.5. The number of para-hydroxylation sites is 1. The summed E-state index contributed by atoms with van der Waals surface area (Å²) in [5, 5.41) is 0. The van der Waals surface area contributed by atoms with Crippen LogP contribution in [0, 0.1) is 0 Å². The van der Waals surface area contributed by atoms with Gasteiger partial charge >= 0.3 is 0 Å². The van der Waals surface area contributed by atoms with Crippen molar-refractivity contribution in [2.24, 2.45) is 0 Å². The number of sulfonamides is 1. The maximum atomic E-state index is 13.0. The van der Waals surface area contributed by atoms with Crippen molar-refractivity contribution in [2.75, 3.05) is 32.8 Å². The number of benzene rings is 2. The quantitative estimate of drug-likeness (QED) is 0.662. The lowest BCUT2D eigenvalue weighted by Gasteiger charge is -2.34. The predicted octanol–water partition coefficient (Wildman–Crippen LogP) is 2.85. The van der Waals surface area contributed by atoms with Gasteiger partial charge in [-0.15, -0.1) is 0 Å². The standard InChI is InChI=1S/C21H23BrN2O4S/c22-19-6-1-2-7-20(19)28-15-21(25)23-10-12-24(13-11-23)29(26,27)18-9-8-16-4-3-5-17(16)14-18/h1-2,6-9,14H,3-5,10-13,15H2. The molecule has 1 aliphatic heterocycles. The summed E-state index contributed by atoms with van der Waals surface area (Å²) in [6.45, 7) is 1.24. The Labute approximate surface area is 179 Å². The van der Waals surface area contributed by atoms with Gasteiger partial charge in [0, 0.05) is 26.2 Å². The number of carbonyl (C=O) groups is 1. The molecule has 0 radical (unpaired) electrons. The molecule has 2 aromatic carbocycles. The van der Waals surface area contributed by atoms with E-state index in [1.807, 2.05) is 30.3 Å². The summed E-state index contributed by atoms with van der Waals surface area (Å²) in [5.41, 5.74) is 2.40. The van der Waals surface area contributed by atoms with E-state index in [9.17, 15) is 13.2 Å². The van der Waals surface area contributed by atoms with Crippen molar-refractivity contribution >= 4 is 31.9 Å². The largest absolute Gasteiger partial charge is 0.483 e. The molecule has 0 unspecified atom stereocenters. The lowest BCUT2D eigenvalue weighted by Crippen LogP contribution is -2.51. The summed E-state index contributed by atoms with van der Waals surface area (Å²) in [6, 6.07) is 12.8. The Morgan fingerprint density at radius 3 is 2.48 bits per heavy atom. The van der Waals surface area contributed by atoms with Crippen LogP contribution in [0.5, 0.6) is 5.75 Å². The Morgan fingerprint density at radius 2 is 1.72 bits per heavy atom. The molecule has 154 valence electrons. The SMILES string of the molecule is O=C(COc1ccccc1Br)N1CCN(S(=O)(=O)c2ccc3c(c2)CCC3)CC1. The Balaban J connectivity index is 1.35. The molecule has 0 bridgehead atoms. The first-order valence-corrected chi connectivity index (χ1v) is 12.0. The van der Waals surface area contributed by atoms with Crippen LogP contribution in [0.15, 0.2) is 51.8 Å². The number of amides is 1. The zero-order valence-corrected chi connectivity index (χ0v) is 18.4. The third-order valence-corrected chi connectivity index (χ3v) is 8.04. The first-order chi connectivity index (χ1) is 13.9. The van der Waals surface area contributed by atoms with E-state index < -0.39 is 10.0 Å². The first kappa shape index (κ1) is 20.4. The van der Waals surface area contributed by atoms with Gasteiger partial charge in [-0.2, -0.15) is 4.31 Å². The monoisotopic (exact) mass is 478 g/mol. The first-order valence-electron chi connectivity index (χ1n) is 9.72. The molecule has 1 saturated heterocycles. The molecule has 8 heteroatoms. The molecular weight excluding hydrogens is 456 g/mol. The van der Waals surface area contributed by atoms with Crippen LogP contribution in [0.1, 0.15) is 17.5 Å². The van der Waals surface area contributed by atoms with Gasteiger partial charge in [-0.25, -0.2) is 8.42 Å². The number of hydrogen-bond acceptors (Lipinski definition) is 4. The summed E-state index contributed by atoms with van der Waals surface area (Å²) in [7, 11) is -3.54. The number of hydrogen-bond donors (Lipinski definition) is 0. The lowest BCUT2D eigenvalue weighted by molar-refractivity contribution is -0.134. The summed E-state index contributed by atoms with van der Waals surface area (Å²) in [6.07, 6.45) is 3.05. The van der Waals surface area contributed by atoms with E-state index in [0.717, 1.165) is 29.3 Å². The fraction of sp³-hybridized carbons (Fsp3) is 0.381. The number of halogens is 1. The van der Waals surface area contributed by atoms with Crippen molar-refractivity contribution in [3.8, 4) is 5.75 Å². The van der Waals surface area contributed by atoms with Gasteiger partial charge in [-0.05, 0) is 70.6 Å². The topological polar surface area (TPSA) is 66.9 Å². The maximum absolute atomic E-state index is 13.0. The third-order valence-electron chi connectivity index (χ3n) is 5.49. The lowest BCUT2D eigenvalue weighted by atomic mass is 10.1. The molecule has 2 aliphatic rings. The fourth-order valence-electron chi connectivity index (χ4n) is 3.83. The van der Waals surface area contributed by atoms with E-state index >= 15 is 0 Å². The predicted molar refractivity (Wildman–Crippen MR) is 113 cm³/mol. The minimum absolute atomic E-state index is 0.0693. The third kappa shape index (κ3) is 4.34. The van der Waals surface area contributed by atoms with Crippen molar-refractivity contribution < 1.29 is 17.9 Å². The van der Waals surface area contributed by atoms with Gasteiger partial charge in [0.05, 0.1) is 9.37 Å². The highest BCUT2D eigenvalue weighted by Gasteiger charge is 2.31. The smallest absolute Gasteiger partial charge is 0.260 e. The summed E-state index contributed by atoms with van der Waals surface area (Å²) < 4.78 is 33.9. The Bertz CT molecular complexity index is 1020. The van der Waals surface area contributed by atoms with Gasteiger partial charge in [0.25, 0.3) is 5.91 Å². The minimum atomic E-state index is -3.54. The zero-order valence-electron chi connectivity index (χ0n) is 16.0. The molecule has 1 aliphatic carbocycles. The molecule has 0 atom stereocenters. The van der Waals surface area contributed by atoms with Crippen LogP contribution in [0.3, 0.4) is 0 Å². The second-order valence-corrected chi connectivity index (χ2v) is 10.1. The van der Waals surface area contributed by atoms with Crippen LogP contribution in [0.25, 0.3) is 0 Å². The molecule has 0 N–H and O–H groups in total. The molecule has 0 spiro atoms. The van der Waals surface area contributed by atoms with Crippen molar-refractivity contribution in [2.45, 2.75) is 24.2 Å². The van der Waals surface area contributed by atoms with E-state index in [1.165, 1.54) is 9.87 Å². The fourth-order valence-corrected chi connectivity index (χ4v) is 5.70. The van der Waals surface area contributed by atoms with Crippen LogP contribution in [0.2, 0.25) is 0 Å². The summed E-state index contributed by atoms with van der Waals surface area (Å²) in [5.74, 6) is 0.467. The average molecular weight is 479 g/mol. The number of carbonyl (C=O) groups excluding carboxylic acids is 1. The molecular formula is C21H23BrN2O4S. The number of aryl methyl sites for hydroxylation is 2. The Kier molecular flexibility index (Phi) is 5.94. The number of rotatable bonds is 5. The minimum Gasteiger partial charge on any atom is -0.483 e. The Morgan fingerprint density at radius 1 is 1.00 bits per heavy atom. The highest BCUT2D eigenvalue weighted by atomic mass is 79.9. The molecule has 0 aromatic heterocycles. The average Bonchev–Trinajstić information content (AvgIpc) is 3.21. The van der Waals surface area contributed by atoms with Crippen molar-refractivity contribution in [3.05, 3.63) is 58.1 Å². The molecule has 1 heterocycles.